The molecule has 108 valence electrons. The van der Waals surface area contributed by atoms with Crippen molar-refractivity contribution in [3.63, 3.8) is 0 Å². The summed E-state index contributed by atoms with van der Waals surface area (Å²) in [4.78, 5) is 21.5. The zero-order chi connectivity index (χ0) is 15.6. The van der Waals surface area contributed by atoms with E-state index in [0.717, 1.165) is 4.47 Å². The molecule has 6 nitrogen and oxygen atoms in total. The van der Waals surface area contributed by atoms with E-state index in [9.17, 15) is 20.2 Å². The van der Waals surface area contributed by atoms with Crippen LogP contribution in [0, 0.1) is 20.2 Å². The van der Waals surface area contributed by atoms with Crippen LogP contribution in [-0.4, -0.2) is 9.85 Å². The van der Waals surface area contributed by atoms with Gasteiger partial charge in [0.1, 0.15) is 5.56 Å². The molecule has 0 N–H and O–H groups in total. The maximum absolute atomic E-state index is 11.1. The summed E-state index contributed by atoms with van der Waals surface area (Å²) in [7, 11) is 0. The van der Waals surface area contributed by atoms with Crippen molar-refractivity contribution in [2.75, 3.05) is 0 Å². The summed E-state index contributed by atoms with van der Waals surface area (Å²) >= 11 is 7.59. The normalized spacial score (nSPS) is 10.4. The highest BCUT2D eigenvalue weighted by Gasteiger charge is 2.25. The van der Waals surface area contributed by atoms with E-state index < -0.39 is 9.85 Å². The molecule has 2 aromatic carbocycles. The van der Waals surface area contributed by atoms with Crippen molar-refractivity contribution in [3.05, 3.63) is 72.2 Å². The van der Waals surface area contributed by atoms with Crippen molar-refractivity contribution in [2.45, 2.75) is 11.3 Å². The highest BCUT2D eigenvalue weighted by Crippen LogP contribution is 2.32. The van der Waals surface area contributed by atoms with Gasteiger partial charge < -0.3 is 0 Å². The SMILES string of the molecule is O=[N+]([O-])c1cccc([N+](=O)[O-])c1Cc1ccc(Br)cc1S. The van der Waals surface area contributed by atoms with E-state index in [2.05, 4.69) is 28.6 Å². The average Bonchev–Trinajstić information content (AvgIpc) is 2.41. The van der Waals surface area contributed by atoms with Crippen LogP contribution < -0.4 is 0 Å². The van der Waals surface area contributed by atoms with Crippen LogP contribution in [0.4, 0.5) is 11.4 Å². The Morgan fingerprint density at radius 3 is 2.10 bits per heavy atom. The van der Waals surface area contributed by atoms with E-state index in [1.54, 1.807) is 18.2 Å². The minimum atomic E-state index is -0.612. The molecular formula is C13H9BrN2O4S. The molecule has 0 aromatic heterocycles. The number of hydrogen-bond acceptors (Lipinski definition) is 5. The Balaban J connectivity index is 2.56. The third-order valence-corrected chi connectivity index (χ3v) is 3.84. The third-order valence-electron chi connectivity index (χ3n) is 2.93. The topological polar surface area (TPSA) is 86.3 Å². The Kier molecular flexibility index (Phi) is 4.59. The molecule has 0 saturated heterocycles. The molecule has 0 aliphatic heterocycles. The first-order valence-corrected chi connectivity index (χ1v) is 7.02. The number of nitro groups is 2. The molecule has 0 saturated carbocycles. The van der Waals surface area contributed by atoms with Gasteiger partial charge in [-0.3, -0.25) is 20.2 Å². The lowest BCUT2D eigenvalue weighted by molar-refractivity contribution is -0.395. The molecule has 0 amide bonds. The lowest BCUT2D eigenvalue weighted by atomic mass is 10.0. The summed E-state index contributed by atoms with van der Waals surface area (Å²) < 4.78 is 0.813. The van der Waals surface area contributed by atoms with Crippen LogP contribution in [0.2, 0.25) is 0 Å². The zero-order valence-electron chi connectivity index (χ0n) is 10.5. The standard InChI is InChI=1S/C13H9BrN2O4S/c14-9-5-4-8(13(21)7-9)6-10-11(15(17)18)2-1-3-12(10)16(19)20/h1-5,7,21H,6H2. The quantitative estimate of drug-likeness (QED) is 0.498. The first-order valence-electron chi connectivity index (χ1n) is 5.78. The molecule has 2 aromatic rings. The van der Waals surface area contributed by atoms with Gasteiger partial charge in [0.05, 0.1) is 9.85 Å². The van der Waals surface area contributed by atoms with E-state index in [4.69, 9.17) is 0 Å². The molecule has 0 heterocycles. The summed E-state index contributed by atoms with van der Waals surface area (Å²) in [6, 6.07) is 9.06. The molecule has 0 aliphatic rings. The van der Waals surface area contributed by atoms with Gasteiger partial charge in [-0.1, -0.05) is 22.0 Å². The lowest BCUT2D eigenvalue weighted by Gasteiger charge is -2.07. The number of nitrogens with zero attached hydrogens (tertiary/aromatic N) is 2. The monoisotopic (exact) mass is 368 g/mol. The Bertz CT molecular complexity index is 704. The fraction of sp³-hybridized carbons (Fsp3) is 0.0769. The van der Waals surface area contributed by atoms with Crippen LogP contribution >= 0.6 is 28.6 Å². The van der Waals surface area contributed by atoms with Gasteiger partial charge in [-0.15, -0.1) is 12.6 Å². The first kappa shape index (κ1) is 15.5. The molecule has 8 heteroatoms. The second-order valence-electron chi connectivity index (χ2n) is 4.24. The molecule has 0 spiro atoms. The molecule has 0 bridgehead atoms. The fourth-order valence-corrected chi connectivity index (χ4v) is 2.79. The lowest BCUT2D eigenvalue weighted by Crippen LogP contribution is -2.02. The average molecular weight is 369 g/mol. The summed E-state index contributed by atoms with van der Waals surface area (Å²) in [5, 5.41) is 22.2. The maximum atomic E-state index is 11.1. The van der Waals surface area contributed by atoms with Gasteiger partial charge in [0.2, 0.25) is 0 Å². The largest absolute Gasteiger partial charge is 0.279 e. The minimum absolute atomic E-state index is 0.0690. The number of rotatable bonds is 4. The van der Waals surface area contributed by atoms with Gasteiger partial charge in [0.15, 0.2) is 0 Å². The maximum Gasteiger partial charge on any atom is 0.279 e. The van der Waals surface area contributed by atoms with Gasteiger partial charge in [-0.25, -0.2) is 0 Å². The van der Waals surface area contributed by atoms with Gasteiger partial charge in [0.25, 0.3) is 11.4 Å². The molecule has 21 heavy (non-hydrogen) atoms. The molecular weight excluding hydrogens is 360 g/mol. The van der Waals surface area contributed by atoms with Crippen molar-refractivity contribution in [3.8, 4) is 0 Å². The van der Waals surface area contributed by atoms with Crippen LogP contribution in [0.15, 0.2) is 45.8 Å². The van der Waals surface area contributed by atoms with Gasteiger partial charge in [-0.2, -0.15) is 0 Å². The van der Waals surface area contributed by atoms with Crippen LogP contribution in [0.1, 0.15) is 11.1 Å². The first-order chi connectivity index (χ1) is 9.90. The summed E-state index contributed by atoms with van der Waals surface area (Å²) in [6.07, 6.45) is 0.0690. The summed E-state index contributed by atoms with van der Waals surface area (Å²) in [5.74, 6) is 0. The van der Waals surface area contributed by atoms with Crippen LogP contribution in [0.5, 0.6) is 0 Å². The smallest absolute Gasteiger partial charge is 0.258 e. The summed E-state index contributed by atoms with van der Waals surface area (Å²) in [5.41, 5.74) is 0.226. The summed E-state index contributed by atoms with van der Waals surface area (Å²) in [6.45, 7) is 0. The van der Waals surface area contributed by atoms with Crippen molar-refractivity contribution < 1.29 is 9.85 Å². The van der Waals surface area contributed by atoms with Crippen molar-refractivity contribution in [1.82, 2.24) is 0 Å². The highest BCUT2D eigenvalue weighted by atomic mass is 79.9. The number of nitro benzene ring substituents is 2. The van der Waals surface area contributed by atoms with Gasteiger partial charge in [0, 0.05) is 27.9 Å². The van der Waals surface area contributed by atoms with Gasteiger partial charge >= 0.3 is 0 Å². The highest BCUT2D eigenvalue weighted by molar-refractivity contribution is 9.10. The van der Waals surface area contributed by atoms with Gasteiger partial charge in [-0.05, 0) is 23.8 Å². The second kappa shape index (κ2) is 6.23. The number of thiol groups is 1. The minimum Gasteiger partial charge on any atom is -0.258 e. The zero-order valence-corrected chi connectivity index (χ0v) is 13.0. The number of benzene rings is 2. The second-order valence-corrected chi connectivity index (χ2v) is 5.64. The number of hydrogen-bond donors (Lipinski definition) is 1. The Morgan fingerprint density at radius 2 is 1.62 bits per heavy atom. The predicted molar refractivity (Wildman–Crippen MR) is 84.0 cm³/mol. The van der Waals surface area contributed by atoms with Crippen molar-refractivity contribution in [2.24, 2.45) is 0 Å². The van der Waals surface area contributed by atoms with Crippen molar-refractivity contribution in [1.29, 1.82) is 0 Å². The third kappa shape index (κ3) is 3.40. The Labute approximate surface area is 133 Å². The van der Waals surface area contributed by atoms with Crippen LogP contribution in [0.3, 0.4) is 0 Å². The molecule has 0 radical (unpaired) electrons. The Hall–Kier alpha value is -1.93. The van der Waals surface area contributed by atoms with E-state index in [0.29, 0.717) is 10.5 Å². The molecule has 0 unspecified atom stereocenters. The van der Waals surface area contributed by atoms with E-state index in [1.165, 1.54) is 18.2 Å². The van der Waals surface area contributed by atoms with E-state index >= 15 is 0 Å². The van der Waals surface area contributed by atoms with Crippen LogP contribution in [-0.2, 0) is 6.42 Å². The number of halogens is 1. The predicted octanol–water partition coefficient (Wildman–Crippen LogP) is 4.15. The van der Waals surface area contributed by atoms with E-state index in [1.807, 2.05) is 0 Å². The molecule has 0 aliphatic carbocycles. The van der Waals surface area contributed by atoms with E-state index in [-0.39, 0.29) is 23.4 Å². The molecule has 2 rings (SSSR count). The fourth-order valence-electron chi connectivity index (χ4n) is 1.96. The molecule has 0 atom stereocenters. The Morgan fingerprint density at radius 1 is 1.05 bits per heavy atom. The molecule has 0 fully saturated rings. The van der Waals surface area contributed by atoms with Crippen LogP contribution in [0.25, 0.3) is 0 Å². The van der Waals surface area contributed by atoms with Crippen molar-refractivity contribution >= 4 is 39.9 Å².